The van der Waals surface area contributed by atoms with E-state index in [1.165, 1.54) is 0 Å². The Kier molecular flexibility index (Phi) is 3.09. The van der Waals surface area contributed by atoms with Crippen molar-refractivity contribution in [1.29, 1.82) is 0 Å². The van der Waals surface area contributed by atoms with Crippen LogP contribution in [0.25, 0.3) is 0 Å². The number of aromatic nitrogens is 3. The summed E-state index contributed by atoms with van der Waals surface area (Å²) >= 11 is 0. The Morgan fingerprint density at radius 2 is 2.17 bits per heavy atom. The highest BCUT2D eigenvalue weighted by Crippen LogP contribution is 2.25. The van der Waals surface area contributed by atoms with Crippen LogP contribution in [0.1, 0.15) is 22.2 Å². The fourth-order valence-corrected chi connectivity index (χ4v) is 3.74. The molecule has 1 fully saturated rings. The van der Waals surface area contributed by atoms with Crippen molar-refractivity contribution in [3.8, 4) is 0 Å². The number of sulfone groups is 1. The molecule has 1 saturated heterocycles. The maximum Gasteiger partial charge on any atom is 0.358 e. The van der Waals surface area contributed by atoms with E-state index in [9.17, 15) is 18.3 Å². The van der Waals surface area contributed by atoms with Gasteiger partial charge in [-0.05, 0) is 0 Å². The molecule has 1 aromatic rings. The molecule has 2 heterocycles. The van der Waals surface area contributed by atoms with Gasteiger partial charge in [-0.3, -0.25) is 0 Å². The highest BCUT2D eigenvalue weighted by molar-refractivity contribution is 7.91. The lowest BCUT2D eigenvalue weighted by Gasteiger charge is -2.14. The topological polar surface area (TPSA) is 148 Å². The van der Waals surface area contributed by atoms with Crippen LogP contribution in [0.15, 0.2) is 0 Å². The van der Waals surface area contributed by atoms with E-state index in [1.807, 2.05) is 0 Å². The van der Waals surface area contributed by atoms with Gasteiger partial charge in [-0.1, -0.05) is 5.21 Å². The van der Waals surface area contributed by atoms with Gasteiger partial charge in [0.25, 0.3) is 0 Å². The number of carbonyl (C=O) groups is 1. The summed E-state index contributed by atoms with van der Waals surface area (Å²) in [6, 6.07) is -0.839. The average Bonchev–Trinajstić information content (AvgIpc) is 2.78. The molecule has 10 heteroatoms. The number of aliphatic hydroxyl groups excluding tert-OH is 1. The standard InChI is InChI=1S/C8H12N4O5S/c9-1-4-7(8(14)15)10-11-12(4)5-2-18(16,17)3-6(5)13/h5-6,13H,1-3,9H2,(H,14,15). The Morgan fingerprint density at radius 1 is 1.50 bits per heavy atom. The molecule has 0 radical (unpaired) electrons. The van der Waals surface area contributed by atoms with Crippen molar-refractivity contribution in [2.45, 2.75) is 18.7 Å². The van der Waals surface area contributed by atoms with E-state index in [1.54, 1.807) is 0 Å². The number of nitrogens with two attached hydrogens (primary N) is 1. The van der Waals surface area contributed by atoms with Gasteiger partial charge in [0.2, 0.25) is 0 Å². The number of hydrogen-bond acceptors (Lipinski definition) is 7. The first kappa shape index (κ1) is 12.9. The van der Waals surface area contributed by atoms with E-state index in [-0.39, 0.29) is 29.4 Å². The number of rotatable bonds is 3. The minimum absolute atomic E-state index is 0.101. The van der Waals surface area contributed by atoms with E-state index in [2.05, 4.69) is 10.3 Å². The lowest BCUT2D eigenvalue weighted by molar-refractivity contribution is 0.0688. The maximum absolute atomic E-state index is 11.4. The summed E-state index contributed by atoms with van der Waals surface area (Å²) in [5.41, 5.74) is 5.19. The normalized spacial score (nSPS) is 26.3. The van der Waals surface area contributed by atoms with Gasteiger partial charge in [0.15, 0.2) is 15.5 Å². The van der Waals surface area contributed by atoms with Crippen LogP contribution < -0.4 is 5.73 Å². The van der Waals surface area contributed by atoms with Crippen LogP contribution in [0.5, 0.6) is 0 Å². The lowest BCUT2D eigenvalue weighted by atomic mass is 10.2. The Balaban J connectivity index is 2.43. The van der Waals surface area contributed by atoms with Crippen LogP contribution in [0.3, 0.4) is 0 Å². The van der Waals surface area contributed by atoms with E-state index in [0.717, 1.165) is 4.68 Å². The molecule has 0 amide bonds. The third-order valence-corrected chi connectivity index (χ3v) is 4.49. The summed E-state index contributed by atoms with van der Waals surface area (Å²) in [6.07, 6.45) is -1.14. The Labute approximate surface area is 102 Å². The van der Waals surface area contributed by atoms with E-state index >= 15 is 0 Å². The van der Waals surface area contributed by atoms with Crippen molar-refractivity contribution >= 4 is 15.8 Å². The summed E-state index contributed by atoms with van der Waals surface area (Å²) in [4.78, 5) is 10.9. The van der Waals surface area contributed by atoms with Gasteiger partial charge < -0.3 is 15.9 Å². The highest BCUT2D eigenvalue weighted by atomic mass is 32.2. The predicted molar refractivity (Wildman–Crippen MR) is 58.6 cm³/mol. The van der Waals surface area contributed by atoms with Crippen molar-refractivity contribution in [3.05, 3.63) is 11.4 Å². The molecule has 1 aromatic heterocycles. The average molecular weight is 276 g/mol. The van der Waals surface area contributed by atoms with Gasteiger partial charge in [0.1, 0.15) is 0 Å². The molecule has 0 spiro atoms. The Morgan fingerprint density at radius 3 is 2.61 bits per heavy atom. The molecule has 2 atom stereocenters. The second-order valence-corrected chi connectivity index (χ2v) is 6.20. The van der Waals surface area contributed by atoms with Crippen LogP contribution in [-0.4, -0.2) is 57.2 Å². The number of carboxylic acid groups (broad SMARTS) is 1. The van der Waals surface area contributed by atoms with Gasteiger partial charge in [-0.25, -0.2) is 17.9 Å². The summed E-state index contributed by atoms with van der Waals surface area (Å²) in [7, 11) is -3.36. The molecular weight excluding hydrogens is 264 g/mol. The molecule has 1 aliphatic heterocycles. The zero-order chi connectivity index (χ0) is 13.5. The molecule has 0 aromatic carbocycles. The molecule has 2 unspecified atom stereocenters. The van der Waals surface area contributed by atoms with Crippen LogP contribution in [0.4, 0.5) is 0 Å². The molecule has 2 rings (SSSR count). The maximum atomic E-state index is 11.4. The third kappa shape index (κ3) is 2.09. The molecule has 0 aliphatic carbocycles. The molecular formula is C8H12N4O5S. The first-order valence-electron chi connectivity index (χ1n) is 5.11. The van der Waals surface area contributed by atoms with E-state index in [4.69, 9.17) is 10.8 Å². The number of hydrogen-bond donors (Lipinski definition) is 3. The summed E-state index contributed by atoms with van der Waals surface area (Å²) in [6.45, 7) is -0.155. The number of nitrogens with zero attached hydrogens (tertiary/aromatic N) is 3. The number of aliphatic hydroxyl groups is 1. The zero-order valence-electron chi connectivity index (χ0n) is 9.22. The molecule has 0 bridgehead atoms. The van der Waals surface area contributed by atoms with Gasteiger partial charge in [-0.2, -0.15) is 0 Å². The smallest absolute Gasteiger partial charge is 0.358 e. The van der Waals surface area contributed by atoms with Crippen molar-refractivity contribution in [2.24, 2.45) is 5.73 Å². The second kappa shape index (κ2) is 4.30. The lowest BCUT2D eigenvalue weighted by Crippen LogP contribution is -2.26. The third-order valence-electron chi connectivity index (χ3n) is 2.79. The fraction of sp³-hybridized carbons (Fsp3) is 0.625. The summed E-state index contributed by atoms with van der Waals surface area (Å²) in [5, 5.41) is 25.6. The Bertz CT molecular complexity index is 580. The van der Waals surface area contributed by atoms with Crippen molar-refractivity contribution in [3.63, 3.8) is 0 Å². The molecule has 18 heavy (non-hydrogen) atoms. The van der Waals surface area contributed by atoms with Crippen LogP contribution in [0, 0.1) is 0 Å². The second-order valence-electron chi connectivity index (χ2n) is 4.05. The molecule has 100 valence electrons. The summed E-state index contributed by atoms with van der Waals surface area (Å²) in [5.74, 6) is -1.97. The van der Waals surface area contributed by atoms with Crippen molar-refractivity contribution < 1.29 is 23.4 Å². The van der Waals surface area contributed by atoms with Gasteiger partial charge in [0.05, 0.1) is 29.3 Å². The van der Waals surface area contributed by atoms with E-state index in [0.29, 0.717) is 0 Å². The monoisotopic (exact) mass is 276 g/mol. The minimum atomic E-state index is -3.36. The van der Waals surface area contributed by atoms with Gasteiger partial charge in [0, 0.05) is 6.54 Å². The Hall–Kier alpha value is -1.52. The van der Waals surface area contributed by atoms with Crippen LogP contribution in [-0.2, 0) is 16.4 Å². The van der Waals surface area contributed by atoms with Gasteiger partial charge >= 0.3 is 5.97 Å². The number of carboxylic acids is 1. The largest absolute Gasteiger partial charge is 0.476 e. The predicted octanol–water partition coefficient (Wildman–Crippen LogP) is -2.23. The van der Waals surface area contributed by atoms with Gasteiger partial charge in [-0.15, -0.1) is 5.10 Å². The molecule has 9 nitrogen and oxygen atoms in total. The minimum Gasteiger partial charge on any atom is -0.476 e. The molecule has 1 aliphatic rings. The number of aromatic carboxylic acids is 1. The van der Waals surface area contributed by atoms with Crippen LogP contribution >= 0.6 is 0 Å². The SMILES string of the molecule is NCc1c(C(=O)O)nnn1C1CS(=O)(=O)CC1O. The highest BCUT2D eigenvalue weighted by Gasteiger charge is 2.40. The van der Waals surface area contributed by atoms with Crippen LogP contribution in [0.2, 0.25) is 0 Å². The molecule has 0 saturated carbocycles. The fourth-order valence-electron chi connectivity index (χ4n) is 1.98. The molecule has 4 N–H and O–H groups in total. The first-order chi connectivity index (χ1) is 8.35. The van der Waals surface area contributed by atoms with Crippen molar-refractivity contribution in [1.82, 2.24) is 15.0 Å². The van der Waals surface area contributed by atoms with E-state index < -0.39 is 28.0 Å². The zero-order valence-corrected chi connectivity index (χ0v) is 10.0. The summed E-state index contributed by atoms with van der Waals surface area (Å²) < 4.78 is 23.9. The quantitative estimate of drug-likeness (QED) is 0.561. The first-order valence-corrected chi connectivity index (χ1v) is 6.94. The van der Waals surface area contributed by atoms with Crippen molar-refractivity contribution in [2.75, 3.05) is 11.5 Å².